The highest BCUT2D eigenvalue weighted by molar-refractivity contribution is 5.85. The maximum atomic E-state index is 11.5. The minimum absolute atomic E-state index is 0. The van der Waals surface area contributed by atoms with E-state index >= 15 is 0 Å². The summed E-state index contributed by atoms with van der Waals surface area (Å²) in [6.07, 6.45) is 1.60. The molecule has 0 aromatic rings. The van der Waals surface area contributed by atoms with E-state index in [1.807, 2.05) is 6.92 Å². The number of carbonyl (C=O) groups is 1. The third-order valence-corrected chi connectivity index (χ3v) is 2.29. The van der Waals surface area contributed by atoms with Gasteiger partial charge in [0.2, 0.25) is 5.91 Å². The van der Waals surface area contributed by atoms with Crippen LogP contribution in [0.5, 0.6) is 0 Å². The van der Waals surface area contributed by atoms with Crippen molar-refractivity contribution in [2.75, 3.05) is 13.1 Å². The fraction of sp³-hybridized carbons (Fsp3) is 0.875. The molecule has 2 atom stereocenters. The molecule has 1 fully saturated rings. The van der Waals surface area contributed by atoms with E-state index in [1.165, 1.54) is 0 Å². The van der Waals surface area contributed by atoms with Gasteiger partial charge in [0.15, 0.2) is 0 Å². The van der Waals surface area contributed by atoms with E-state index in [4.69, 9.17) is 11.5 Å². The van der Waals surface area contributed by atoms with Crippen LogP contribution in [-0.4, -0.2) is 36.0 Å². The molecule has 4 nitrogen and oxygen atoms in total. The summed E-state index contributed by atoms with van der Waals surface area (Å²) >= 11 is 0. The molecule has 0 aromatic carbocycles. The number of rotatable bonds is 2. The monoisotopic (exact) mass is 207 g/mol. The van der Waals surface area contributed by atoms with Crippen molar-refractivity contribution < 1.29 is 4.79 Å². The molecule has 1 saturated heterocycles. The zero-order valence-corrected chi connectivity index (χ0v) is 8.72. The fourth-order valence-electron chi connectivity index (χ4n) is 1.40. The van der Waals surface area contributed by atoms with Gasteiger partial charge in [0.05, 0.1) is 6.04 Å². The smallest absolute Gasteiger partial charge is 0.239 e. The quantitative estimate of drug-likeness (QED) is 0.654. The van der Waals surface area contributed by atoms with Crippen molar-refractivity contribution in [1.82, 2.24) is 4.90 Å². The number of amides is 1. The van der Waals surface area contributed by atoms with Crippen LogP contribution in [-0.2, 0) is 4.79 Å². The molecule has 0 radical (unpaired) electrons. The largest absolute Gasteiger partial charge is 0.340 e. The molecule has 1 rings (SSSR count). The Bertz CT molecular complexity index is 177. The van der Waals surface area contributed by atoms with Crippen LogP contribution in [0, 0.1) is 0 Å². The third kappa shape index (κ3) is 3.14. The molecule has 1 aliphatic rings. The highest BCUT2D eigenvalue weighted by Gasteiger charge is 2.26. The van der Waals surface area contributed by atoms with Gasteiger partial charge in [-0.15, -0.1) is 12.4 Å². The predicted molar refractivity (Wildman–Crippen MR) is 54.7 cm³/mol. The van der Waals surface area contributed by atoms with Crippen molar-refractivity contribution in [2.45, 2.75) is 31.8 Å². The van der Waals surface area contributed by atoms with Gasteiger partial charge in [-0.05, 0) is 12.8 Å². The van der Waals surface area contributed by atoms with Gasteiger partial charge in [-0.2, -0.15) is 0 Å². The molecule has 0 aromatic heterocycles. The van der Waals surface area contributed by atoms with Gasteiger partial charge in [-0.1, -0.05) is 6.92 Å². The summed E-state index contributed by atoms with van der Waals surface area (Å²) < 4.78 is 0. The maximum Gasteiger partial charge on any atom is 0.239 e. The average molecular weight is 208 g/mol. The number of hydrogen-bond acceptors (Lipinski definition) is 3. The number of nitrogens with zero attached hydrogens (tertiary/aromatic N) is 1. The summed E-state index contributed by atoms with van der Waals surface area (Å²) in [6.45, 7) is 3.36. The molecule has 4 N–H and O–H groups in total. The summed E-state index contributed by atoms with van der Waals surface area (Å²) in [5.41, 5.74) is 11.3. The molecule has 0 saturated carbocycles. The van der Waals surface area contributed by atoms with Crippen LogP contribution in [0.1, 0.15) is 19.8 Å². The molecule has 5 heteroatoms. The number of hydrogen-bond donors (Lipinski definition) is 2. The lowest BCUT2D eigenvalue weighted by molar-refractivity contribution is -0.131. The standard InChI is InChI=1S/C8H17N3O.ClH/c1-2-7(10)8(12)11-4-3-6(9)5-11;/h6-7H,2-5,9-10H2,1H3;1H/t6-,7?;/m0./s1. The van der Waals surface area contributed by atoms with Crippen LogP contribution < -0.4 is 11.5 Å². The van der Waals surface area contributed by atoms with Gasteiger partial charge >= 0.3 is 0 Å². The highest BCUT2D eigenvalue weighted by Crippen LogP contribution is 2.08. The minimum atomic E-state index is -0.338. The molecule has 0 aliphatic carbocycles. The Balaban J connectivity index is 0.00000144. The van der Waals surface area contributed by atoms with Crippen LogP contribution in [0.15, 0.2) is 0 Å². The topological polar surface area (TPSA) is 72.4 Å². The normalized spacial score (nSPS) is 23.9. The SMILES string of the molecule is CCC(N)C(=O)N1CC[C@H](N)C1.Cl. The number of halogens is 1. The molecule has 78 valence electrons. The third-order valence-electron chi connectivity index (χ3n) is 2.29. The van der Waals surface area contributed by atoms with E-state index in [0.29, 0.717) is 13.0 Å². The van der Waals surface area contributed by atoms with E-state index in [-0.39, 0.29) is 30.4 Å². The molecule has 1 heterocycles. The van der Waals surface area contributed by atoms with E-state index in [2.05, 4.69) is 0 Å². The summed E-state index contributed by atoms with van der Waals surface area (Å²) in [4.78, 5) is 13.2. The van der Waals surface area contributed by atoms with Gasteiger partial charge in [0.1, 0.15) is 0 Å². The van der Waals surface area contributed by atoms with Crippen molar-refractivity contribution >= 4 is 18.3 Å². The van der Waals surface area contributed by atoms with E-state index in [9.17, 15) is 4.79 Å². The Morgan fingerprint density at radius 1 is 1.69 bits per heavy atom. The molecule has 13 heavy (non-hydrogen) atoms. The first kappa shape index (κ1) is 12.7. The average Bonchev–Trinajstić information content (AvgIpc) is 2.49. The number of likely N-dealkylation sites (tertiary alicyclic amines) is 1. The predicted octanol–water partition coefficient (Wildman–Crippen LogP) is -0.295. The zero-order valence-electron chi connectivity index (χ0n) is 7.90. The molecular weight excluding hydrogens is 190 g/mol. The molecule has 1 unspecified atom stereocenters. The molecule has 1 aliphatic heterocycles. The lowest BCUT2D eigenvalue weighted by atomic mass is 10.2. The Hall–Kier alpha value is -0.320. The van der Waals surface area contributed by atoms with Gasteiger partial charge in [-0.25, -0.2) is 0 Å². The molecule has 1 amide bonds. The van der Waals surface area contributed by atoms with Crippen molar-refractivity contribution in [2.24, 2.45) is 11.5 Å². The second kappa shape index (κ2) is 5.42. The first-order valence-corrected chi connectivity index (χ1v) is 4.45. The Morgan fingerprint density at radius 3 is 2.69 bits per heavy atom. The van der Waals surface area contributed by atoms with Crippen molar-refractivity contribution in [3.63, 3.8) is 0 Å². The van der Waals surface area contributed by atoms with Crippen molar-refractivity contribution in [3.05, 3.63) is 0 Å². The Labute approximate surface area is 85.0 Å². The number of carbonyl (C=O) groups excluding carboxylic acids is 1. The van der Waals surface area contributed by atoms with Crippen LogP contribution in [0.2, 0.25) is 0 Å². The van der Waals surface area contributed by atoms with Gasteiger partial charge < -0.3 is 16.4 Å². The van der Waals surface area contributed by atoms with Crippen molar-refractivity contribution in [1.29, 1.82) is 0 Å². The number of nitrogens with two attached hydrogens (primary N) is 2. The zero-order chi connectivity index (χ0) is 9.14. The van der Waals surface area contributed by atoms with E-state index in [1.54, 1.807) is 4.90 Å². The molecule has 0 bridgehead atoms. The highest BCUT2D eigenvalue weighted by atomic mass is 35.5. The first-order valence-electron chi connectivity index (χ1n) is 4.45. The minimum Gasteiger partial charge on any atom is -0.340 e. The first-order chi connectivity index (χ1) is 5.65. The lowest BCUT2D eigenvalue weighted by Crippen LogP contribution is -2.43. The van der Waals surface area contributed by atoms with Crippen LogP contribution in [0.3, 0.4) is 0 Å². The fourth-order valence-corrected chi connectivity index (χ4v) is 1.40. The van der Waals surface area contributed by atoms with Crippen molar-refractivity contribution in [3.8, 4) is 0 Å². The second-order valence-electron chi connectivity index (χ2n) is 3.35. The van der Waals surface area contributed by atoms with Crippen LogP contribution >= 0.6 is 12.4 Å². The van der Waals surface area contributed by atoms with E-state index < -0.39 is 0 Å². The van der Waals surface area contributed by atoms with Crippen LogP contribution in [0.25, 0.3) is 0 Å². The summed E-state index contributed by atoms with van der Waals surface area (Å²) in [5.74, 6) is 0.0467. The van der Waals surface area contributed by atoms with Gasteiger partial charge in [-0.3, -0.25) is 4.79 Å². The molecule has 0 spiro atoms. The maximum absolute atomic E-state index is 11.5. The van der Waals surface area contributed by atoms with Gasteiger partial charge in [0, 0.05) is 19.1 Å². The Morgan fingerprint density at radius 2 is 2.31 bits per heavy atom. The Kier molecular flexibility index (Phi) is 5.29. The summed E-state index contributed by atoms with van der Waals surface area (Å²) in [6, 6.07) is -0.187. The molecular formula is C8H18ClN3O. The summed E-state index contributed by atoms with van der Waals surface area (Å²) in [7, 11) is 0. The van der Waals surface area contributed by atoms with E-state index in [0.717, 1.165) is 13.0 Å². The van der Waals surface area contributed by atoms with Gasteiger partial charge in [0.25, 0.3) is 0 Å². The summed E-state index contributed by atoms with van der Waals surface area (Å²) in [5, 5.41) is 0. The lowest BCUT2D eigenvalue weighted by Gasteiger charge is -2.19. The van der Waals surface area contributed by atoms with Crippen LogP contribution in [0.4, 0.5) is 0 Å². The second-order valence-corrected chi connectivity index (χ2v) is 3.35.